The second-order valence-electron chi connectivity index (χ2n) is 7.44. The van der Waals surface area contributed by atoms with E-state index in [0.717, 1.165) is 16.0 Å². The minimum absolute atomic E-state index is 0.204. The zero-order valence-electron chi connectivity index (χ0n) is 15.7. The van der Waals surface area contributed by atoms with E-state index in [4.69, 9.17) is 0 Å². The first-order valence-electron chi connectivity index (χ1n) is 8.85. The van der Waals surface area contributed by atoms with Crippen molar-refractivity contribution in [3.63, 3.8) is 0 Å². The normalized spacial score (nSPS) is 17.7. The zero-order valence-corrected chi connectivity index (χ0v) is 15.7. The van der Waals surface area contributed by atoms with Gasteiger partial charge in [0.25, 0.3) is 0 Å². The maximum Gasteiger partial charge on any atom is 0.422 e. The Morgan fingerprint density at radius 2 is 1.93 bits per heavy atom. The predicted molar refractivity (Wildman–Crippen MR) is 94.3 cm³/mol. The van der Waals surface area contributed by atoms with E-state index in [1.807, 2.05) is 45.0 Å². The molecule has 0 saturated carbocycles. The topological polar surface area (TPSA) is 58.6 Å². The Morgan fingerprint density at radius 3 is 2.56 bits per heavy atom. The first-order chi connectivity index (χ1) is 12.5. The van der Waals surface area contributed by atoms with Crippen LogP contribution in [0.1, 0.15) is 37.8 Å². The monoisotopic (exact) mass is 386 g/mol. The van der Waals surface area contributed by atoms with Gasteiger partial charge in [0.15, 0.2) is 6.61 Å². The third kappa shape index (κ3) is 5.61. The first-order valence-corrected chi connectivity index (χ1v) is 8.85. The third-order valence-electron chi connectivity index (χ3n) is 4.73. The molecule has 1 aromatic rings. The van der Waals surface area contributed by atoms with Crippen LogP contribution < -0.4 is 5.32 Å². The van der Waals surface area contributed by atoms with Crippen molar-refractivity contribution in [2.24, 2.45) is 0 Å². The van der Waals surface area contributed by atoms with E-state index >= 15 is 0 Å². The van der Waals surface area contributed by atoms with Crippen molar-refractivity contribution in [3.8, 4) is 0 Å². The molecule has 1 N–H and O–H groups in total. The van der Waals surface area contributed by atoms with E-state index in [-0.39, 0.29) is 17.9 Å². The van der Waals surface area contributed by atoms with E-state index < -0.39 is 24.9 Å². The lowest BCUT2D eigenvalue weighted by Gasteiger charge is -2.29. The average molecular weight is 386 g/mol. The highest BCUT2D eigenvalue weighted by molar-refractivity contribution is 5.86. The van der Waals surface area contributed by atoms with Gasteiger partial charge in [-0.1, -0.05) is 38.1 Å². The quantitative estimate of drug-likeness (QED) is 0.842. The van der Waals surface area contributed by atoms with E-state index in [0.29, 0.717) is 19.4 Å². The summed E-state index contributed by atoms with van der Waals surface area (Å²) in [5.41, 5.74) is 1.87. The maximum absolute atomic E-state index is 12.5. The maximum atomic E-state index is 12.5. The van der Waals surface area contributed by atoms with Crippen LogP contribution in [0.25, 0.3) is 0 Å². The van der Waals surface area contributed by atoms with Crippen LogP contribution in [0, 0.1) is 6.92 Å². The van der Waals surface area contributed by atoms with Crippen LogP contribution in [0.2, 0.25) is 0 Å². The molecule has 5 nitrogen and oxygen atoms in total. The minimum atomic E-state index is -4.59. The summed E-state index contributed by atoms with van der Waals surface area (Å²) in [7, 11) is 0. The molecule has 1 atom stereocenters. The van der Waals surface area contributed by atoms with Gasteiger partial charge in [-0.3, -0.25) is 9.69 Å². The molecule has 1 aliphatic rings. The highest BCUT2D eigenvalue weighted by Gasteiger charge is 2.38. The van der Waals surface area contributed by atoms with Crippen LogP contribution in [0.15, 0.2) is 24.3 Å². The molecule has 27 heavy (non-hydrogen) atoms. The second-order valence-corrected chi connectivity index (χ2v) is 7.44. The molecule has 2 amide bonds. The van der Waals surface area contributed by atoms with Crippen molar-refractivity contribution in [1.82, 2.24) is 10.2 Å². The van der Waals surface area contributed by atoms with Crippen LogP contribution in [0.4, 0.5) is 18.0 Å². The number of hydrogen-bond acceptors (Lipinski definition) is 3. The molecule has 0 aromatic heterocycles. The number of aryl methyl sites for hydroxylation is 1. The van der Waals surface area contributed by atoms with Crippen LogP contribution in [-0.4, -0.2) is 48.8 Å². The Hall–Kier alpha value is -2.25. The summed E-state index contributed by atoms with van der Waals surface area (Å²) < 4.78 is 41.0. The number of benzene rings is 1. The predicted octanol–water partition coefficient (Wildman–Crippen LogP) is 3.55. The Labute approximate surface area is 156 Å². The highest BCUT2D eigenvalue weighted by Crippen LogP contribution is 2.26. The molecule has 1 unspecified atom stereocenters. The summed E-state index contributed by atoms with van der Waals surface area (Å²) in [6, 6.07) is 7.06. The van der Waals surface area contributed by atoms with Gasteiger partial charge in [-0.15, -0.1) is 0 Å². The van der Waals surface area contributed by atoms with Crippen molar-refractivity contribution in [1.29, 1.82) is 0 Å². The van der Waals surface area contributed by atoms with Gasteiger partial charge < -0.3 is 10.1 Å². The number of halogens is 3. The van der Waals surface area contributed by atoms with Gasteiger partial charge in [-0.25, -0.2) is 4.79 Å². The molecule has 1 saturated heterocycles. The van der Waals surface area contributed by atoms with Gasteiger partial charge in [0.05, 0.1) is 0 Å². The van der Waals surface area contributed by atoms with Crippen molar-refractivity contribution in [2.45, 2.75) is 51.2 Å². The van der Waals surface area contributed by atoms with Gasteiger partial charge in [0.1, 0.15) is 6.04 Å². The SMILES string of the molecule is Cc1ccccc1C(C)(C)CNC(=O)C1CCCN1C(=O)OCC(F)(F)F. The fourth-order valence-corrected chi connectivity index (χ4v) is 3.34. The summed E-state index contributed by atoms with van der Waals surface area (Å²) in [6.45, 7) is 4.89. The van der Waals surface area contributed by atoms with Gasteiger partial charge in [-0.2, -0.15) is 13.2 Å². The molecule has 0 spiro atoms. The second kappa shape index (κ2) is 8.19. The number of nitrogens with one attached hydrogen (secondary N) is 1. The third-order valence-corrected chi connectivity index (χ3v) is 4.73. The van der Waals surface area contributed by atoms with Gasteiger partial charge in [0, 0.05) is 18.5 Å². The lowest BCUT2D eigenvalue weighted by Crippen LogP contribution is -2.49. The molecule has 0 bridgehead atoms. The molecule has 1 heterocycles. The van der Waals surface area contributed by atoms with Crippen molar-refractivity contribution < 1.29 is 27.5 Å². The van der Waals surface area contributed by atoms with Gasteiger partial charge in [-0.05, 0) is 30.9 Å². The molecule has 0 aliphatic carbocycles. The van der Waals surface area contributed by atoms with Gasteiger partial charge >= 0.3 is 12.3 Å². The number of hydrogen-bond donors (Lipinski definition) is 1. The summed E-state index contributed by atoms with van der Waals surface area (Å²) in [5, 5.41) is 2.84. The van der Waals surface area contributed by atoms with E-state index in [9.17, 15) is 22.8 Å². The average Bonchev–Trinajstić information content (AvgIpc) is 3.07. The number of rotatable bonds is 5. The molecular weight excluding hydrogens is 361 g/mol. The number of ether oxygens (including phenoxy) is 1. The Morgan fingerprint density at radius 1 is 1.26 bits per heavy atom. The summed E-state index contributed by atoms with van der Waals surface area (Å²) in [4.78, 5) is 25.5. The Kier molecular flexibility index (Phi) is 6.38. The molecule has 8 heteroatoms. The Bertz CT molecular complexity index is 689. The fourth-order valence-electron chi connectivity index (χ4n) is 3.34. The van der Waals surface area contributed by atoms with Crippen LogP contribution >= 0.6 is 0 Å². The molecule has 2 rings (SSSR count). The number of alkyl halides is 3. The van der Waals surface area contributed by atoms with E-state index in [1.165, 1.54) is 0 Å². The van der Waals surface area contributed by atoms with Crippen LogP contribution in [-0.2, 0) is 14.9 Å². The van der Waals surface area contributed by atoms with Gasteiger partial charge in [0.2, 0.25) is 5.91 Å². The zero-order chi connectivity index (χ0) is 20.2. The lowest BCUT2D eigenvalue weighted by atomic mass is 9.82. The largest absolute Gasteiger partial charge is 0.440 e. The van der Waals surface area contributed by atoms with Crippen molar-refractivity contribution in [3.05, 3.63) is 35.4 Å². The van der Waals surface area contributed by atoms with Crippen LogP contribution in [0.3, 0.4) is 0 Å². The number of amides is 2. The highest BCUT2D eigenvalue weighted by atomic mass is 19.4. The number of likely N-dealkylation sites (tertiary alicyclic amines) is 1. The smallest absolute Gasteiger partial charge is 0.422 e. The minimum Gasteiger partial charge on any atom is -0.440 e. The molecule has 150 valence electrons. The standard InChI is InChI=1S/C19H25F3N2O3/c1-13-7-4-5-8-14(13)18(2,3)11-23-16(25)15-9-6-10-24(15)17(26)27-12-19(20,21)22/h4-5,7-8,15H,6,9-12H2,1-3H3,(H,23,25). The van der Waals surface area contributed by atoms with Crippen LogP contribution in [0.5, 0.6) is 0 Å². The van der Waals surface area contributed by atoms with Crippen molar-refractivity contribution in [2.75, 3.05) is 19.7 Å². The number of carbonyl (C=O) groups excluding carboxylic acids is 2. The van der Waals surface area contributed by atoms with E-state index in [1.54, 1.807) is 0 Å². The van der Waals surface area contributed by atoms with Crippen molar-refractivity contribution >= 4 is 12.0 Å². The lowest BCUT2D eigenvalue weighted by molar-refractivity contribution is -0.162. The summed E-state index contributed by atoms with van der Waals surface area (Å²) in [5.74, 6) is -0.377. The molecule has 1 aromatic carbocycles. The molecular formula is C19H25F3N2O3. The number of carbonyl (C=O) groups is 2. The fraction of sp³-hybridized carbons (Fsp3) is 0.579. The van der Waals surface area contributed by atoms with E-state index in [2.05, 4.69) is 10.1 Å². The molecule has 1 aliphatic heterocycles. The molecule has 0 radical (unpaired) electrons. The number of nitrogens with zero attached hydrogens (tertiary/aromatic N) is 1. The summed E-state index contributed by atoms with van der Waals surface area (Å²) >= 11 is 0. The molecule has 1 fully saturated rings. The Balaban J connectivity index is 1.96. The first kappa shape index (κ1) is 21.1. The summed E-state index contributed by atoms with van der Waals surface area (Å²) in [6.07, 6.45) is -4.76.